The zero-order valence-corrected chi connectivity index (χ0v) is 16.3. The highest BCUT2D eigenvalue weighted by Crippen LogP contribution is 2.27. The van der Waals surface area contributed by atoms with Gasteiger partial charge in [-0.15, -0.1) is 11.8 Å². The Morgan fingerprint density at radius 2 is 2.00 bits per heavy atom. The third-order valence-corrected chi connectivity index (χ3v) is 5.58. The SMILES string of the molecule is Cc1cc(CSc2ccccc2C(=O)Nc2ccc(Br)c(C)c2)on1. The van der Waals surface area contributed by atoms with Crippen molar-refractivity contribution < 1.29 is 9.32 Å². The van der Waals surface area contributed by atoms with Crippen LogP contribution in [0.15, 0.2) is 62.4 Å². The standard InChI is InChI=1S/C19H17BrN2O2S/c1-12-9-14(7-8-17(12)20)21-19(23)16-5-3-4-6-18(16)25-11-15-10-13(2)22-24-15/h3-10H,11H2,1-2H3,(H,21,23). The highest BCUT2D eigenvalue weighted by molar-refractivity contribution is 9.10. The van der Waals surface area contributed by atoms with Crippen LogP contribution in [-0.2, 0) is 5.75 Å². The molecule has 0 aliphatic carbocycles. The van der Waals surface area contributed by atoms with E-state index in [1.54, 1.807) is 11.8 Å². The number of carbonyl (C=O) groups is 1. The lowest BCUT2D eigenvalue weighted by molar-refractivity contribution is 0.102. The van der Waals surface area contributed by atoms with Crippen LogP contribution in [0.4, 0.5) is 5.69 Å². The van der Waals surface area contributed by atoms with Gasteiger partial charge in [0.15, 0.2) is 0 Å². The van der Waals surface area contributed by atoms with Gasteiger partial charge in [-0.1, -0.05) is 33.2 Å². The van der Waals surface area contributed by atoms with E-state index in [4.69, 9.17) is 4.52 Å². The Morgan fingerprint density at radius 3 is 2.72 bits per heavy atom. The summed E-state index contributed by atoms with van der Waals surface area (Å²) in [4.78, 5) is 13.6. The molecule has 6 heteroatoms. The summed E-state index contributed by atoms with van der Waals surface area (Å²) < 4.78 is 6.25. The molecule has 1 aromatic heterocycles. The summed E-state index contributed by atoms with van der Waals surface area (Å²) in [6.07, 6.45) is 0. The monoisotopic (exact) mass is 416 g/mol. The topological polar surface area (TPSA) is 55.1 Å². The molecule has 0 aliphatic rings. The average Bonchev–Trinajstić information content (AvgIpc) is 3.02. The normalized spacial score (nSPS) is 10.7. The highest BCUT2D eigenvalue weighted by atomic mass is 79.9. The number of anilines is 1. The van der Waals surface area contributed by atoms with Crippen molar-refractivity contribution in [3.05, 3.63) is 75.6 Å². The van der Waals surface area contributed by atoms with Crippen LogP contribution in [0, 0.1) is 13.8 Å². The number of carbonyl (C=O) groups excluding carboxylic acids is 1. The van der Waals surface area contributed by atoms with Crippen LogP contribution in [0.25, 0.3) is 0 Å². The van der Waals surface area contributed by atoms with Crippen molar-refractivity contribution in [3.63, 3.8) is 0 Å². The average molecular weight is 417 g/mol. The smallest absolute Gasteiger partial charge is 0.256 e. The number of thioether (sulfide) groups is 1. The molecule has 0 atom stereocenters. The van der Waals surface area contributed by atoms with Crippen molar-refractivity contribution in [2.24, 2.45) is 0 Å². The van der Waals surface area contributed by atoms with E-state index in [0.29, 0.717) is 11.3 Å². The van der Waals surface area contributed by atoms with Gasteiger partial charge in [-0.3, -0.25) is 4.79 Å². The fraction of sp³-hybridized carbons (Fsp3) is 0.158. The Kier molecular flexibility index (Phi) is 5.60. The Morgan fingerprint density at radius 1 is 1.20 bits per heavy atom. The number of benzene rings is 2. The summed E-state index contributed by atoms with van der Waals surface area (Å²) in [7, 11) is 0. The van der Waals surface area contributed by atoms with Crippen LogP contribution in [0.2, 0.25) is 0 Å². The molecule has 2 aromatic carbocycles. The van der Waals surface area contributed by atoms with E-state index in [9.17, 15) is 4.79 Å². The summed E-state index contributed by atoms with van der Waals surface area (Å²) >= 11 is 5.02. The predicted molar refractivity (Wildman–Crippen MR) is 104 cm³/mol. The number of nitrogens with one attached hydrogen (secondary N) is 1. The molecule has 25 heavy (non-hydrogen) atoms. The molecule has 0 saturated carbocycles. The van der Waals surface area contributed by atoms with E-state index in [0.717, 1.165) is 32.1 Å². The summed E-state index contributed by atoms with van der Waals surface area (Å²) in [5.74, 6) is 1.29. The number of halogens is 1. The molecule has 1 heterocycles. The lowest BCUT2D eigenvalue weighted by Crippen LogP contribution is -2.13. The fourth-order valence-corrected chi connectivity index (χ4v) is 3.51. The summed E-state index contributed by atoms with van der Waals surface area (Å²) in [5, 5.41) is 6.85. The van der Waals surface area contributed by atoms with Crippen LogP contribution >= 0.6 is 27.7 Å². The number of aryl methyl sites for hydroxylation is 2. The Hall–Kier alpha value is -2.05. The van der Waals surface area contributed by atoms with Gasteiger partial charge < -0.3 is 9.84 Å². The van der Waals surface area contributed by atoms with E-state index in [-0.39, 0.29) is 5.91 Å². The molecule has 0 aliphatic heterocycles. The van der Waals surface area contributed by atoms with Crippen LogP contribution < -0.4 is 5.32 Å². The van der Waals surface area contributed by atoms with Crippen molar-refractivity contribution in [1.29, 1.82) is 0 Å². The van der Waals surface area contributed by atoms with Crippen LogP contribution in [0.5, 0.6) is 0 Å². The van der Waals surface area contributed by atoms with E-state index < -0.39 is 0 Å². The van der Waals surface area contributed by atoms with Crippen LogP contribution in [-0.4, -0.2) is 11.1 Å². The Labute approximate surface area is 159 Å². The molecule has 1 N–H and O–H groups in total. The van der Waals surface area contributed by atoms with Crippen molar-refractivity contribution in [1.82, 2.24) is 5.16 Å². The molecule has 3 aromatic rings. The Balaban J connectivity index is 1.74. The number of hydrogen-bond acceptors (Lipinski definition) is 4. The zero-order chi connectivity index (χ0) is 17.8. The van der Waals surface area contributed by atoms with Gasteiger partial charge in [-0.05, 0) is 49.7 Å². The third kappa shape index (κ3) is 4.52. The second-order valence-corrected chi connectivity index (χ2v) is 7.51. The number of amides is 1. The fourth-order valence-electron chi connectivity index (χ4n) is 2.33. The maximum atomic E-state index is 12.7. The lowest BCUT2D eigenvalue weighted by Gasteiger charge is -2.10. The number of hydrogen-bond donors (Lipinski definition) is 1. The second kappa shape index (κ2) is 7.89. The van der Waals surface area contributed by atoms with E-state index in [1.165, 1.54) is 0 Å². The minimum absolute atomic E-state index is 0.126. The van der Waals surface area contributed by atoms with Crippen molar-refractivity contribution in [3.8, 4) is 0 Å². The van der Waals surface area contributed by atoms with Gasteiger partial charge in [0, 0.05) is 21.1 Å². The van der Waals surface area contributed by atoms with E-state index >= 15 is 0 Å². The number of aromatic nitrogens is 1. The van der Waals surface area contributed by atoms with Gasteiger partial charge in [0.25, 0.3) is 5.91 Å². The van der Waals surface area contributed by atoms with Crippen molar-refractivity contribution in [2.75, 3.05) is 5.32 Å². The van der Waals surface area contributed by atoms with Gasteiger partial charge >= 0.3 is 0 Å². The first kappa shape index (κ1) is 17.8. The zero-order valence-electron chi connectivity index (χ0n) is 13.9. The molecule has 0 unspecified atom stereocenters. The molecule has 0 saturated heterocycles. The van der Waals surface area contributed by atoms with Crippen molar-refractivity contribution in [2.45, 2.75) is 24.5 Å². The quantitative estimate of drug-likeness (QED) is 0.549. The van der Waals surface area contributed by atoms with Gasteiger partial charge in [0.2, 0.25) is 0 Å². The molecular formula is C19H17BrN2O2S. The van der Waals surface area contributed by atoms with Gasteiger partial charge in [-0.25, -0.2) is 0 Å². The maximum Gasteiger partial charge on any atom is 0.256 e. The first-order valence-electron chi connectivity index (χ1n) is 7.74. The predicted octanol–water partition coefficient (Wildman–Crippen LogP) is 5.60. The van der Waals surface area contributed by atoms with Gasteiger partial charge in [0.1, 0.15) is 5.76 Å². The molecular weight excluding hydrogens is 400 g/mol. The largest absolute Gasteiger partial charge is 0.360 e. The second-order valence-electron chi connectivity index (χ2n) is 5.64. The Bertz CT molecular complexity index is 908. The summed E-state index contributed by atoms with van der Waals surface area (Å²) in [6, 6.07) is 15.2. The number of nitrogens with zero attached hydrogens (tertiary/aromatic N) is 1. The third-order valence-electron chi connectivity index (χ3n) is 3.59. The minimum Gasteiger partial charge on any atom is -0.360 e. The lowest BCUT2D eigenvalue weighted by atomic mass is 10.2. The van der Waals surface area contributed by atoms with Gasteiger partial charge in [0.05, 0.1) is 17.0 Å². The van der Waals surface area contributed by atoms with E-state index in [2.05, 4.69) is 26.4 Å². The van der Waals surface area contributed by atoms with E-state index in [1.807, 2.05) is 62.4 Å². The summed E-state index contributed by atoms with van der Waals surface area (Å²) in [5.41, 5.74) is 3.34. The molecule has 4 nitrogen and oxygen atoms in total. The number of rotatable bonds is 5. The van der Waals surface area contributed by atoms with Crippen LogP contribution in [0.1, 0.15) is 27.4 Å². The molecule has 0 spiro atoms. The van der Waals surface area contributed by atoms with Crippen LogP contribution in [0.3, 0.4) is 0 Å². The molecule has 128 valence electrons. The summed E-state index contributed by atoms with van der Waals surface area (Å²) in [6.45, 7) is 3.88. The highest BCUT2D eigenvalue weighted by Gasteiger charge is 2.13. The first-order valence-corrected chi connectivity index (χ1v) is 9.52. The van der Waals surface area contributed by atoms with Gasteiger partial charge in [-0.2, -0.15) is 0 Å². The first-order chi connectivity index (χ1) is 12.0. The molecule has 1 amide bonds. The molecule has 3 rings (SSSR count). The molecule has 0 bridgehead atoms. The van der Waals surface area contributed by atoms with Crippen molar-refractivity contribution >= 4 is 39.3 Å². The minimum atomic E-state index is -0.126. The maximum absolute atomic E-state index is 12.7. The molecule has 0 fully saturated rings. The molecule has 0 radical (unpaired) electrons.